The van der Waals surface area contributed by atoms with Crippen molar-refractivity contribution in [3.8, 4) is 5.75 Å². The molecule has 0 heterocycles. The standard InChI is InChI=1S/C19H23NO2S/c1-3-4-13-22-18-11-9-17(10-12-18)20-19(21)16-7-5-15(6-8-16)14-23-2/h5-12H,3-4,13-14H2,1-2H3,(H,20,21). The Labute approximate surface area is 142 Å². The molecule has 2 rings (SSSR count). The van der Waals surface area contributed by atoms with Gasteiger partial charge < -0.3 is 10.1 Å². The Hall–Kier alpha value is -1.94. The Morgan fingerprint density at radius 2 is 1.78 bits per heavy atom. The summed E-state index contributed by atoms with van der Waals surface area (Å²) >= 11 is 1.77. The normalized spacial score (nSPS) is 10.3. The molecule has 0 radical (unpaired) electrons. The molecule has 2 aromatic rings. The van der Waals surface area contributed by atoms with E-state index in [9.17, 15) is 4.79 Å². The van der Waals surface area contributed by atoms with Crippen molar-refractivity contribution in [2.45, 2.75) is 25.5 Å². The fourth-order valence-corrected chi connectivity index (χ4v) is 2.62. The molecule has 23 heavy (non-hydrogen) atoms. The lowest BCUT2D eigenvalue weighted by Crippen LogP contribution is -2.11. The Morgan fingerprint density at radius 3 is 2.39 bits per heavy atom. The van der Waals surface area contributed by atoms with Crippen molar-refractivity contribution in [2.75, 3.05) is 18.2 Å². The van der Waals surface area contributed by atoms with Gasteiger partial charge in [0, 0.05) is 17.0 Å². The van der Waals surface area contributed by atoms with Crippen LogP contribution in [-0.4, -0.2) is 18.8 Å². The number of thioether (sulfide) groups is 1. The number of hydrogen-bond acceptors (Lipinski definition) is 3. The number of unbranched alkanes of at least 4 members (excludes halogenated alkanes) is 1. The second kappa shape index (κ2) is 9.26. The first-order valence-electron chi connectivity index (χ1n) is 7.85. The quantitative estimate of drug-likeness (QED) is 0.694. The van der Waals surface area contributed by atoms with E-state index < -0.39 is 0 Å². The van der Waals surface area contributed by atoms with Crippen LogP contribution >= 0.6 is 11.8 Å². The number of carbonyl (C=O) groups is 1. The second-order valence-corrected chi connectivity index (χ2v) is 6.18. The smallest absolute Gasteiger partial charge is 0.255 e. The molecule has 0 aromatic heterocycles. The Balaban J connectivity index is 1.91. The zero-order chi connectivity index (χ0) is 16.5. The van der Waals surface area contributed by atoms with Crippen molar-refractivity contribution in [2.24, 2.45) is 0 Å². The number of ether oxygens (including phenoxy) is 1. The van der Waals surface area contributed by atoms with Crippen LogP contribution < -0.4 is 10.1 Å². The highest BCUT2D eigenvalue weighted by Gasteiger charge is 2.06. The van der Waals surface area contributed by atoms with Gasteiger partial charge in [0.25, 0.3) is 5.91 Å². The van der Waals surface area contributed by atoms with Crippen LogP contribution in [0, 0.1) is 0 Å². The van der Waals surface area contributed by atoms with Crippen molar-refractivity contribution < 1.29 is 9.53 Å². The van der Waals surface area contributed by atoms with Gasteiger partial charge in [-0.15, -0.1) is 0 Å². The van der Waals surface area contributed by atoms with Crippen molar-refractivity contribution in [3.05, 3.63) is 59.7 Å². The molecule has 0 spiro atoms. The van der Waals surface area contributed by atoms with Crippen LogP contribution in [0.5, 0.6) is 5.75 Å². The highest BCUT2D eigenvalue weighted by atomic mass is 32.2. The molecule has 122 valence electrons. The molecule has 3 nitrogen and oxygen atoms in total. The predicted octanol–water partition coefficient (Wildman–Crippen LogP) is 4.98. The highest BCUT2D eigenvalue weighted by molar-refractivity contribution is 7.97. The summed E-state index contributed by atoms with van der Waals surface area (Å²) in [6.45, 7) is 2.86. The van der Waals surface area contributed by atoms with Crippen LogP contribution in [0.25, 0.3) is 0 Å². The molecule has 0 atom stereocenters. The van der Waals surface area contributed by atoms with E-state index in [0.717, 1.165) is 36.6 Å². The topological polar surface area (TPSA) is 38.3 Å². The molecule has 0 aliphatic rings. The lowest BCUT2D eigenvalue weighted by molar-refractivity contribution is 0.102. The number of anilines is 1. The molecule has 0 bridgehead atoms. The first kappa shape index (κ1) is 17.4. The summed E-state index contributed by atoms with van der Waals surface area (Å²) in [5.74, 6) is 1.69. The zero-order valence-electron chi connectivity index (χ0n) is 13.7. The molecule has 1 amide bonds. The van der Waals surface area contributed by atoms with Crippen LogP contribution in [0.2, 0.25) is 0 Å². The van der Waals surface area contributed by atoms with Crippen molar-refractivity contribution in [1.82, 2.24) is 0 Å². The Morgan fingerprint density at radius 1 is 1.09 bits per heavy atom. The van der Waals surface area contributed by atoms with E-state index in [-0.39, 0.29) is 5.91 Å². The van der Waals surface area contributed by atoms with Crippen molar-refractivity contribution >= 4 is 23.4 Å². The molecule has 0 saturated carbocycles. The summed E-state index contributed by atoms with van der Waals surface area (Å²) in [5.41, 5.74) is 2.66. The Kier molecular flexibility index (Phi) is 7.01. The highest BCUT2D eigenvalue weighted by Crippen LogP contribution is 2.17. The SMILES string of the molecule is CCCCOc1ccc(NC(=O)c2ccc(CSC)cc2)cc1. The van der Waals surface area contributed by atoms with Gasteiger partial charge in [-0.25, -0.2) is 0 Å². The summed E-state index contributed by atoms with van der Waals surface area (Å²) < 4.78 is 5.61. The molecule has 0 aliphatic heterocycles. The number of carbonyl (C=O) groups excluding carboxylic acids is 1. The summed E-state index contributed by atoms with van der Waals surface area (Å²) in [7, 11) is 0. The number of benzene rings is 2. The summed E-state index contributed by atoms with van der Waals surface area (Å²) in [6.07, 6.45) is 4.23. The molecule has 4 heteroatoms. The van der Waals surface area contributed by atoms with E-state index in [1.54, 1.807) is 11.8 Å². The van der Waals surface area contributed by atoms with Crippen LogP contribution in [0.1, 0.15) is 35.7 Å². The molecule has 0 saturated heterocycles. The van der Waals surface area contributed by atoms with Gasteiger partial charge in [0.05, 0.1) is 6.61 Å². The summed E-state index contributed by atoms with van der Waals surface area (Å²) in [5, 5.41) is 2.90. The third-order valence-electron chi connectivity index (χ3n) is 3.41. The molecular weight excluding hydrogens is 306 g/mol. The van der Waals surface area contributed by atoms with E-state index in [4.69, 9.17) is 4.74 Å². The van der Waals surface area contributed by atoms with E-state index in [1.165, 1.54) is 5.56 Å². The second-order valence-electron chi connectivity index (χ2n) is 5.31. The minimum atomic E-state index is -0.0969. The monoisotopic (exact) mass is 329 g/mol. The zero-order valence-corrected chi connectivity index (χ0v) is 14.5. The lowest BCUT2D eigenvalue weighted by Gasteiger charge is -2.08. The average Bonchev–Trinajstić information content (AvgIpc) is 2.57. The first-order valence-corrected chi connectivity index (χ1v) is 9.24. The molecule has 0 fully saturated rings. The fraction of sp³-hybridized carbons (Fsp3) is 0.316. The molecule has 0 aliphatic carbocycles. The summed E-state index contributed by atoms with van der Waals surface area (Å²) in [6, 6.07) is 15.2. The molecule has 0 unspecified atom stereocenters. The Bertz CT molecular complexity index is 608. The largest absolute Gasteiger partial charge is 0.494 e. The van der Waals surface area contributed by atoms with Gasteiger partial charge in [-0.3, -0.25) is 4.79 Å². The van der Waals surface area contributed by atoms with E-state index in [1.807, 2.05) is 48.5 Å². The minimum Gasteiger partial charge on any atom is -0.494 e. The van der Waals surface area contributed by atoms with Crippen LogP contribution in [0.4, 0.5) is 5.69 Å². The molecule has 2 aromatic carbocycles. The minimum absolute atomic E-state index is 0.0969. The van der Waals surface area contributed by atoms with E-state index in [0.29, 0.717) is 5.56 Å². The third-order valence-corrected chi connectivity index (χ3v) is 4.03. The predicted molar refractivity (Wildman–Crippen MR) is 98.5 cm³/mol. The van der Waals surface area contributed by atoms with Gasteiger partial charge in [0.2, 0.25) is 0 Å². The van der Waals surface area contributed by atoms with Gasteiger partial charge in [-0.2, -0.15) is 11.8 Å². The van der Waals surface area contributed by atoms with Gasteiger partial charge in [-0.1, -0.05) is 25.5 Å². The molecular formula is C19H23NO2S. The average molecular weight is 329 g/mol. The van der Waals surface area contributed by atoms with Gasteiger partial charge in [-0.05, 0) is 54.6 Å². The number of hydrogen-bond donors (Lipinski definition) is 1. The maximum absolute atomic E-state index is 12.2. The third kappa shape index (κ3) is 5.64. The van der Waals surface area contributed by atoms with Crippen molar-refractivity contribution in [3.63, 3.8) is 0 Å². The van der Waals surface area contributed by atoms with Gasteiger partial charge in [0.1, 0.15) is 5.75 Å². The van der Waals surface area contributed by atoms with Crippen molar-refractivity contribution in [1.29, 1.82) is 0 Å². The summed E-state index contributed by atoms with van der Waals surface area (Å²) in [4.78, 5) is 12.2. The fourth-order valence-electron chi connectivity index (χ4n) is 2.09. The number of rotatable bonds is 8. The number of amides is 1. The molecule has 1 N–H and O–H groups in total. The van der Waals surface area contributed by atoms with E-state index >= 15 is 0 Å². The number of nitrogens with one attached hydrogen (secondary N) is 1. The van der Waals surface area contributed by atoms with Crippen LogP contribution in [-0.2, 0) is 5.75 Å². The maximum Gasteiger partial charge on any atom is 0.255 e. The van der Waals surface area contributed by atoms with Gasteiger partial charge >= 0.3 is 0 Å². The van der Waals surface area contributed by atoms with Gasteiger partial charge in [0.15, 0.2) is 0 Å². The lowest BCUT2D eigenvalue weighted by atomic mass is 10.1. The van der Waals surface area contributed by atoms with Crippen LogP contribution in [0.15, 0.2) is 48.5 Å². The maximum atomic E-state index is 12.2. The van der Waals surface area contributed by atoms with Crippen LogP contribution in [0.3, 0.4) is 0 Å². The first-order chi connectivity index (χ1) is 11.2. The van der Waals surface area contributed by atoms with E-state index in [2.05, 4.69) is 18.5 Å².